The molecule has 2 aromatic carbocycles. The summed E-state index contributed by atoms with van der Waals surface area (Å²) >= 11 is 0. The van der Waals surface area contributed by atoms with E-state index in [9.17, 15) is 0 Å². The maximum Gasteiger partial charge on any atom is -0.0166 e. The van der Waals surface area contributed by atoms with Gasteiger partial charge in [-0.25, -0.2) is 0 Å². The Kier molecular flexibility index (Phi) is 5.88. The molecule has 0 bridgehead atoms. The molecular weight excluding hydrogens is 319 g/mol. The van der Waals surface area contributed by atoms with Gasteiger partial charge >= 0.3 is 0 Å². The zero-order valence-electron chi connectivity index (χ0n) is 15.4. The Morgan fingerprint density at radius 2 is 1.00 bits per heavy atom. The van der Waals surface area contributed by atoms with Crippen LogP contribution in [0.1, 0.15) is 64.2 Å². The molecule has 0 unspecified atom stereocenters. The molecule has 0 radical (unpaired) electrons. The summed E-state index contributed by atoms with van der Waals surface area (Å²) in [6, 6.07) is 20.6. The van der Waals surface area contributed by atoms with Crippen LogP contribution in [-0.4, -0.2) is 11.3 Å². The van der Waals surface area contributed by atoms with Crippen molar-refractivity contribution in [2.45, 2.75) is 75.5 Å². The van der Waals surface area contributed by atoms with Crippen LogP contribution < -0.4 is 5.30 Å². The zero-order valence-corrected chi connectivity index (χ0v) is 16.3. The maximum atomic E-state index is 2.48. The van der Waals surface area contributed by atoms with Crippen molar-refractivity contribution in [2.24, 2.45) is 0 Å². The van der Waals surface area contributed by atoms with Gasteiger partial charge in [-0.1, -0.05) is 101 Å². The van der Waals surface area contributed by atoms with Gasteiger partial charge in [-0.2, -0.15) is 0 Å². The van der Waals surface area contributed by atoms with Crippen molar-refractivity contribution < 1.29 is 0 Å². The van der Waals surface area contributed by atoms with Crippen molar-refractivity contribution >= 4 is 13.2 Å². The lowest BCUT2D eigenvalue weighted by Crippen LogP contribution is -2.26. The van der Waals surface area contributed by atoms with Gasteiger partial charge in [0.15, 0.2) is 0 Å². The summed E-state index contributed by atoms with van der Waals surface area (Å²) in [5, 5.41) is 1.69. The van der Waals surface area contributed by atoms with Crippen LogP contribution in [-0.2, 0) is 0 Å². The van der Waals surface area contributed by atoms with Crippen LogP contribution in [0.25, 0.3) is 11.1 Å². The third-order valence-corrected chi connectivity index (χ3v) is 9.71. The third-order valence-electron chi connectivity index (χ3n) is 6.21. The molecular formula is C24H31P. The zero-order chi connectivity index (χ0) is 16.9. The second-order valence-electron chi connectivity index (χ2n) is 7.90. The monoisotopic (exact) mass is 350 g/mol. The molecule has 0 aromatic heterocycles. The van der Waals surface area contributed by atoms with Crippen molar-refractivity contribution in [1.29, 1.82) is 0 Å². The van der Waals surface area contributed by atoms with E-state index in [0.29, 0.717) is 0 Å². The minimum atomic E-state index is 0.0266. The van der Waals surface area contributed by atoms with Gasteiger partial charge in [0.2, 0.25) is 0 Å². The van der Waals surface area contributed by atoms with Crippen LogP contribution in [0.2, 0.25) is 0 Å². The highest BCUT2D eigenvalue weighted by atomic mass is 31.1. The lowest BCUT2D eigenvalue weighted by Gasteiger charge is -2.38. The van der Waals surface area contributed by atoms with Crippen molar-refractivity contribution in [3.8, 4) is 11.1 Å². The summed E-state index contributed by atoms with van der Waals surface area (Å²) in [7, 11) is 0.0266. The molecule has 2 aliphatic carbocycles. The summed E-state index contributed by atoms with van der Waals surface area (Å²) in [4.78, 5) is 0. The first-order valence-electron chi connectivity index (χ1n) is 10.4. The number of hydrogen-bond donors (Lipinski definition) is 0. The molecule has 0 amide bonds. The standard InChI is InChI=1S/C24H31P/c1-4-10-20(11-5-1)21-16-18-24(19-17-21)25(22-12-6-2-7-13-22)23-14-8-3-9-15-23/h1,4-5,10-11,16-19,22-23H,2-3,6-9,12-15H2. The molecule has 25 heavy (non-hydrogen) atoms. The lowest BCUT2D eigenvalue weighted by atomic mass is 9.99. The number of hydrogen-bond acceptors (Lipinski definition) is 0. The van der Waals surface area contributed by atoms with Crippen LogP contribution in [0, 0.1) is 0 Å². The molecule has 2 aromatic rings. The highest BCUT2D eigenvalue weighted by Crippen LogP contribution is 2.54. The molecule has 0 spiro atoms. The minimum absolute atomic E-state index is 0.0266. The fraction of sp³-hybridized carbons (Fsp3) is 0.500. The molecule has 0 aliphatic heterocycles. The van der Waals surface area contributed by atoms with E-state index in [2.05, 4.69) is 54.6 Å². The highest BCUT2D eigenvalue weighted by molar-refractivity contribution is 7.67. The summed E-state index contributed by atoms with van der Waals surface area (Å²) in [6.45, 7) is 0. The normalized spacial score (nSPS) is 20.0. The van der Waals surface area contributed by atoms with E-state index >= 15 is 0 Å². The summed E-state index contributed by atoms with van der Waals surface area (Å²) < 4.78 is 0. The quantitative estimate of drug-likeness (QED) is 0.515. The van der Waals surface area contributed by atoms with Gasteiger partial charge in [0, 0.05) is 0 Å². The molecule has 132 valence electrons. The second kappa shape index (κ2) is 8.50. The molecule has 2 aliphatic rings. The molecule has 2 fully saturated rings. The Balaban J connectivity index is 1.59. The van der Waals surface area contributed by atoms with Crippen molar-refractivity contribution in [3.05, 3.63) is 54.6 Å². The topological polar surface area (TPSA) is 0 Å². The molecule has 1 heteroatoms. The first-order valence-corrected chi connectivity index (χ1v) is 11.8. The van der Waals surface area contributed by atoms with Crippen molar-refractivity contribution in [3.63, 3.8) is 0 Å². The predicted molar refractivity (Wildman–Crippen MR) is 112 cm³/mol. The highest BCUT2D eigenvalue weighted by Gasteiger charge is 2.32. The summed E-state index contributed by atoms with van der Waals surface area (Å²) in [5.74, 6) is 0. The summed E-state index contributed by atoms with van der Waals surface area (Å²) in [5.41, 5.74) is 4.70. The first kappa shape index (κ1) is 17.3. The molecule has 0 heterocycles. The van der Waals surface area contributed by atoms with Gasteiger partial charge in [-0.3, -0.25) is 0 Å². The van der Waals surface area contributed by atoms with Crippen LogP contribution in [0.3, 0.4) is 0 Å². The fourth-order valence-electron chi connectivity index (χ4n) is 4.89. The molecule has 2 saturated carbocycles. The minimum Gasteiger partial charge on any atom is -0.0690 e. The predicted octanol–water partition coefficient (Wildman–Crippen LogP) is 7.13. The van der Waals surface area contributed by atoms with Gasteiger partial charge in [-0.15, -0.1) is 0 Å². The lowest BCUT2D eigenvalue weighted by molar-refractivity contribution is 0.487. The van der Waals surface area contributed by atoms with Gasteiger partial charge in [0.25, 0.3) is 0 Å². The van der Waals surface area contributed by atoms with Gasteiger partial charge in [0.05, 0.1) is 0 Å². The van der Waals surface area contributed by atoms with E-state index in [0.717, 1.165) is 11.3 Å². The van der Waals surface area contributed by atoms with Crippen LogP contribution in [0.5, 0.6) is 0 Å². The van der Waals surface area contributed by atoms with E-state index in [1.54, 1.807) is 5.30 Å². The van der Waals surface area contributed by atoms with Crippen LogP contribution >= 0.6 is 7.92 Å². The number of benzene rings is 2. The van der Waals surface area contributed by atoms with Gasteiger partial charge in [-0.05, 0) is 53.4 Å². The molecule has 0 nitrogen and oxygen atoms in total. The van der Waals surface area contributed by atoms with Crippen LogP contribution in [0.4, 0.5) is 0 Å². The average Bonchev–Trinajstić information content (AvgIpc) is 2.71. The first-order chi connectivity index (χ1) is 12.4. The smallest absolute Gasteiger partial charge is 0.0166 e. The average molecular weight is 350 g/mol. The molecule has 0 N–H and O–H groups in total. The molecule has 0 saturated heterocycles. The Hall–Kier alpha value is -1.13. The Bertz CT molecular complexity index is 616. The van der Waals surface area contributed by atoms with Gasteiger partial charge < -0.3 is 0 Å². The van der Waals surface area contributed by atoms with E-state index < -0.39 is 0 Å². The third kappa shape index (κ3) is 4.17. The van der Waals surface area contributed by atoms with Crippen LogP contribution in [0.15, 0.2) is 54.6 Å². The fourth-order valence-corrected chi connectivity index (χ4v) is 8.67. The van der Waals surface area contributed by atoms with E-state index in [1.165, 1.54) is 75.3 Å². The van der Waals surface area contributed by atoms with Crippen molar-refractivity contribution in [1.82, 2.24) is 0 Å². The Morgan fingerprint density at radius 1 is 0.520 bits per heavy atom. The van der Waals surface area contributed by atoms with E-state index in [-0.39, 0.29) is 7.92 Å². The Labute approximate surface area is 154 Å². The molecule has 4 rings (SSSR count). The SMILES string of the molecule is c1ccc(-c2ccc(P(C3CCCCC3)C3CCCCC3)cc2)cc1. The summed E-state index contributed by atoms with van der Waals surface area (Å²) in [6.07, 6.45) is 14.8. The maximum absolute atomic E-state index is 2.48. The largest absolute Gasteiger partial charge is 0.0690 e. The second-order valence-corrected chi connectivity index (χ2v) is 10.7. The number of rotatable bonds is 4. The van der Waals surface area contributed by atoms with E-state index in [1.807, 2.05) is 0 Å². The van der Waals surface area contributed by atoms with Crippen molar-refractivity contribution in [2.75, 3.05) is 0 Å². The van der Waals surface area contributed by atoms with E-state index in [4.69, 9.17) is 0 Å². The Morgan fingerprint density at radius 3 is 1.52 bits per heavy atom. The van der Waals surface area contributed by atoms with Gasteiger partial charge in [0.1, 0.15) is 0 Å². The molecule has 0 atom stereocenters.